The summed E-state index contributed by atoms with van der Waals surface area (Å²) in [6.07, 6.45) is 1.33. The standard InChI is InChI=1S/C26H17FIN3O5/c1-35-22-12-15(11-21(28)23(22)36-14-17-5-3-2-4-16(17)13-29)10-20-24(32)30-26(34)31(25(20)33)19-8-6-18(27)7-9-19/h2-12H,14H2,1H3,(H,30,32,34)/b20-10+. The maximum Gasteiger partial charge on any atom is 0.335 e. The van der Waals surface area contributed by atoms with Gasteiger partial charge in [-0.2, -0.15) is 5.26 Å². The van der Waals surface area contributed by atoms with Gasteiger partial charge in [0.15, 0.2) is 11.5 Å². The second-order valence-electron chi connectivity index (χ2n) is 7.53. The average molecular weight is 597 g/mol. The third-order valence-electron chi connectivity index (χ3n) is 5.26. The predicted molar refractivity (Wildman–Crippen MR) is 137 cm³/mol. The molecule has 0 bridgehead atoms. The molecule has 180 valence electrons. The number of amides is 4. The van der Waals surface area contributed by atoms with Gasteiger partial charge in [-0.25, -0.2) is 14.1 Å². The molecule has 4 rings (SSSR count). The van der Waals surface area contributed by atoms with Crippen LogP contribution in [0.5, 0.6) is 11.5 Å². The van der Waals surface area contributed by atoms with Crippen molar-refractivity contribution in [2.75, 3.05) is 12.0 Å². The van der Waals surface area contributed by atoms with E-state index < -0.39 is 23.7 Å². The normalized spacial score (nSPS) is 14.4. The van der Waals surface area contributed by atoms with Crippen LogP contribution in [-0.4, -0.2) is 25.0 Å². The minimum atomic E-state index is -0.928. The molecule has 3 aromatic rings. The van der Waals surface area contributed by atoms with Gasteiger partial charge in [0.05, 0.1) is 28.0 Å². The van der Waals surface area contributed by atoms with Crippen LogP contribution in [0.3, 0.4) is 0 Å². The summed E-state index contributed by atoms with van der Waals surface area (Å²) in [6, 6.07) is 16.3. The monoisotopic (exact) mass is 597 g/mol. The number of imide groups is 2. The molecule has 0 unspecified atom stereocenters. The molecule has 3 aromatic carbocycles. The Hall–Kier alpha value is -4.24. The van der Waals surface area contributed by atoms with E-state index in [1.165, 1.54) is 25.3 Å². The lowest BCUT2D eigenvalue weighted by Gasteiger charge is -2.26. The number of nitrogens with zero attached hydrogens (tertiary/aromatic N) is 2. The van der Waals surface area contributed by atoms with Gasteiger partial charge in [0.1, 0.15) is 18.0 Å². The number of halogens is 2. The molecule has 1 heterocycles. The van der Waals surface area contributed by atoms with Crippen LogP contribution in [-0.2, 0) is 16.2 Å². The second-order valence-corrected chi connectivity index (χ2v) is 8.69. The Morgan fingerprint density at radius 2 is 1.83 bits per heavy atom. The summed E-state index contributed by atoms with van der Waals surface area (Å²) in [4.78, 5) is 38.6. The number of rotatable bonds is 6. The van der Waals surface area contributed by atoms with E-state index in [-0.39, 0.29) is 17.9 Å². The van der Waals surface area contributed by atoms with Crippen LogP contribution in [0.4, 0.5) is 14.9 Å². The van der Waals surface area contributed by atoms with Gasteiger partial charge < -0.3 is 9.47 Å². The summed E-state index contributed by atoms with van der Waals surface area (Å²) >= 11 is 2.04. The van der Waals surface area contributed by atoms with Crippen LogP contribution in [0.15, 0.2) is 66.2 Å². The minimum Gasteiger partial charge on any atom is -0.493 e. The Morgan fingerprint density at radius 1 is 1.11 bits per heavy atom. The molecule has 0 aromatic heterocycles. The van der Waals surface area contributed by atoms with Gasteiger partial charge in [0.2, 0.25) is 0 Å². The highest BCUT2D eigenvalue weighted by atomic mass is 127. The number of barbiturate groups is 1. The number of methoxy groups -OCH3 is 1. The Labute approximate surface area is 219 Å². The predicted octanol–water partition coefficient (Wildman–Crippen LogP) is 4.56. The highest BCUT2D eigenvalue weighted by molar-refractivity contribution is 14.1. The second kappa shape index (κ2) is 10.6. The molecular weight excluding hydrogens is 580 g/mol. The Kier molecular flexibility index (Phi) is 7.30. The van der Waals surface area contributed by atoms with E-state index in [0.29, 0.717) is 31.8 Å². The van der Waals surface area contributed by atoms with Crippen molar-refractivity contribution in [2.24, 2.45) is 0 Å². The maximum absolute atomic E-state index is 13.3. The highest BCUT2D eigenvalue weighted by Crippen LogP contribution is 2.35. The summed E-state index contributed by atoms with van der Waals surface area (Å²) in [5, 5.41) is 11.4. The molecule has 0 radical (unpaired) electrons. The number of anilines is 1. The topological polar surface area (TPSA) is 109 Å². The lowest BCUT2D eigenvalue weighted by Crippen LogP contribution is -2.54. The third kappa shape index (κ3) is 5.06. The number of carbonyl (C=O) groups is 3. The van der Waals surface area contributed by atoms with Gasteiger partial charge in [0, 0.05) is 5.56 Å². The molecule has 8 nitrogen and oxygen atoms in total. The summed E-state index contributed by atoms with van der Waals surface area (Å²) in [6.45, 7) is 0.131. The van der Waals surface area contributed by atoms with Crippen molar-refractivity contribution >= 4 is 52.2 Å². The van der Waals surface area contributed by atoms with Crippen molar-refractivity contribution in [3.8, 4) is 17.6 Å². The van der Waals surface area contributed by atoms with E-state index in [1.807, 2.05) is 28.7 Å². The van der Waals surface area contributed by atoms with E-state index in [4.69, 9.17) is 9.47 Å². The first-order valence-electron chi connectivity index (χ1n) is 10.5. The van der Waals surface area contributed by atoms with Crippen molar-refractivity contribution in [1.29, 1.82) is 5.26 Å². The quantitative estimate of drug-likeness (QED) is 0.254. The van der Waals surface area contributed by atoms with E-state index in [1.54, 1.807) is 30.3 Å². The molecule has 36 heavy (non-hydrogen) atoms. The molecule has 10 heteroatoms. The lowest BCUT2D eigenvalue weighted by atomic mass is 10.1. The number of ether oxygens (including phenoxy) is 2. The first kappa shape index (κ1) is 24.9. The number of urea groups is 1. The molecule has 1 fully saturated rings. The first-order valence-corrected chi connectivity index (χ1v) is 11.6. The van der Waals surface area contributed by atoms with E-state index in [2.05, 4.69) is 11.4 Å². The molecule has 1 aliphatic heterocycles. The number of nitriles is 1. The molecule has 4 amide bonds. The molecule has 0 atom stereocenters. The van der Waals surface area contributed by atoms with Crippen LogP contribution in [0.25, 0.3) is 6.08 Å². The molecule has 0 saturated carbocycles. The van der Waals surface area contributed by atoms with Crippen LogP contribution in [0.2, 0.25) is 0 Å². The molecule has 1 N–H and O–H groups in total. The van der Waals surface area contributed by atoms with Gasteiger partial charge in [-0.1, -0.05) is 18.2 Å². The summed E-state index contributed by atoms with van der Waals surface area (Å²) in [5.74, 6) is -1.46. The Balaban J connectivity index is 1.65. The van der Waals surface area contributed by atoms with Crippen molar-refractivity contribution in [2.45, 2.75) is 6.61 Å². The smallest absolute Gasteiger partial charge is 0.335 e. The van der Waals surface area contributed by atoms with E-state index >= 15 is 0 Å². The largest absolute Gasteiger partial charge is 0.493 e. The van der Waals surface area contributed by atoms with Gasteiger partial charge >= 0.3 is 6.03 Å². The molecule has 0 spiro atoms. The average Bonchev–Trinajstić information content (AvgIpc) is 2.86. The molecule has 1 aliphatic rings. The zero-order valence-electron chi connectivity index (χ0n) is 18.7. The lowest BCUT2D eigenvalue weighted by molar-refractivity contribution is -0.122. The molecule has 0 aliphatic carbocycles. The van der Waals surface area contributed by atoms with Gasteiger partial charge in [-0.05, 0) is 76.7 Å². The van der Waals surface area contributed by atoms with E-state index in [0.717, 1.165) is 17.0 Å². The number of hydrogen-bond acceptors (Lipinski definition) is 6. The number of nitrogens with one attached hydrogen (secondary N) is 1. The van der Waals surface area contributed by atoms with Gasteiger partial charge in [-0.3, -0.25) is 14.9 Å². The van der Waals surface area contributed by atoms with Crippen molar-refractivity contribution in [3.05, 3.63) is 92.3 Å². The van der Waals surface area contributed by atoms with Gasteiger partial charge in [-0.15, -0.1) is 0 Å². The molecule has 1 saturated heterocycles. The van der Waals surface area contributed by atoms with Crippen molar-refractivity contribution in [3.63, 3.8) is 0 Å². The minimum absolute atomic E-state index is 0.117. The third-order valence-corrected chi connectivity index (χ3v) is 6.06. The van der Waals surface area contributed by atoms with Gasteiger partial charge in [0.25, 0.3) is 11.8 Å². The zero-order valence-corrected chi connectivity index (χ0v) is 20.9. The first-order chi connectivity index (χ1) is 17.3. The number of carbonyl (C=O) groups excluding carboxylic acids is 3. The SMILES string of the molecule is COc1cc(/C=C2\C(=O)NC(=O)N(c3ccc(F)cc3)C2=O)cc(I)c1OCc1ccccc1C#N. The summed E-state index contributed by atoms with van der Waals surface area (Å²) < 4.78 is 25.3. The van der Waals surface area contributed by atoms with Crippen LogP contribution in [0, 0.1) is 20.7 Å². The fraction of sp³-hybridized carbons (Fsp3) is 0.0769. The van der Waals surface area contributed by atoms with E-state index in [9.17, 15) is 24.0 Å². The summed E-state index contributed by atoms with van der Waals surface area (Å²) in [7, 11) is 1.45. The van der Waals surface area contributed by atoms with Crippen molar-refractivity contribution in [1.82, 2.24) is 5.32 Å². The fourth-order valence-electron chi connectivity index (χ4n) is 3.52. The fourth-order valence-corrected chi connectivity index (χ4v) is 4.30. The highest BCUT2D eigenvalue weighted by Gasteiger charge is 2.36. The Morgan fingerprint density at radius 3 is 2.53 bits per heavy atom. The molecular formula is C26H17FIN3O5. The van der Waals surface area contributed by atoms with Crippen LogP contribution >= 0.6 is 22.6 Å². The summed E-state index contributed by atoms with van der Waals surface area (Å²) in [5.41, 5.74) is 1.49. The van der Waals surface area contributed by atoms with Crippen LogP contribution in [0.1, 0.15) is 16.7 Å². The Bertz CT molecular complexity index is 1450. The number of hydrogen-bond donors (Lipinski definition) is 1. The van der Waals surface area contributed by atoms with Crippen LogP contribution < -0.4 is 19.7 Å². The van der Waals surface area contributed by atoms with Crippen molar-refractivity contribution < 1.29 is 28.2 Å². The maximum atomic E-state index is 13.3. The number of benzene rings is 3. The zero-order chi connectivity index (χ0) is 25.8.